The molecule has 1 amide bonds. The van der Waals surface area contributed by atoms with Gasteiger partial charge in [0.2, 0.25) is 15.9 Å². The molecule has 170 valence electrons. The van der Waals surface area contributed by atoms with Crippen LogP contribution in [-0.2, 0) is 14.8 Å². The fourth-order valence-corrected chi connectivity index (χ4v) is 5.05. The average Bonchev–Trinajstić information content (AvgIpc) is 2.78. The zero-order valence-electron chi connectivity index (χ0n) is 18.0. The molecule has 1 N–H and O–H groups in total. The lowest BCUT2D eigenvalue weighted by atomic mass is 10.2. The third-order valence-corrected chi connectivity index (χ3v) is 7.06. The van der Waals surface area contributed by atoms with Crippen molar-refractivity contribution in [3.63, 3.8) is 0 Å². The number of benzene rings is 2. The quantitative estimate of drug-likeness (QED) is 0.386. The van der Waals surface area contributed by atoms with Gasteiger partial charge in [0.05, 0.1) is 21.2 Å². The van der Waals surface area contributed by atoms with Gasteiger partial charge in [0, 0.05) is 45.4 Å². The highest BCUT2D eigenvalue weighted by Crippen LogP contribution is 2.30. The first-order valence-electron chi connectivity index (χ1n) is 10.2. The molecule has 1 saturated heterocycles. The van der Waals surface area contributed by atoms with Crippen molar-refractivity contribution in [2.45, 2.75) is 24.2 Å². The van der Waals surface area contributed by atoms with E-state index in [2.05, 4.69) is 5.32 Å². The topological polar surface area (TPSA) is 113 Å². The maximum absolute atomic E-state index is 13.0. The number of sulfonamides is 1. The van der Waals surface area contributed by atoms with Crippen LogP contribution >= 0.6 is 0 Å². The fraction of sp³-hybridized carbons (Fsp3) is 0.318. The largest absolute Gasteiger partial charge is 0.376 e. The number of nitro benzene ring substituents is 1. The molecule has 0 bridgehead atoms. The summed E-state index contributed by atoms with van der Waals surface area (Å²) in [7, 11) is -0.0605. The highest BCUT2D eigenvalue weighted by atomic mass is 32.2. The van der Waals surface area contributed by atoms with E-state index in [0.717, 1.165) is 19.3 Å². The van der Waals surface area contributed by atoms with Crippen molar-refractivity contribution in [3.8, 4) is 0 Å². The third kappa shape index (κ3) is 5.51. The molecule has 0 aliphatic carbocycles. The molecule has 10 heteroatoms. The van der Waals surface area contributed by atoms with E-state index >= 15 is 0 Å². The number of amides is 1. The Balaban J connectivity index is 1.84. The molecule has 2 aromatic carbocycles. The van der Waals surface area contributed by atoms with E-state index in [4.69, 9.17) is 0 Å². The van der Waals surface area contributed by atoms with Crippen LogP contribution < -0.4 is 10.2 Å². The van der Waals surface area contributed by atoms with Crippen LogP contribution in [0.3, 0.4) is 0 Å². The van der Waals surface area contributed by atoms with Crippen LogP contribution in [0, 0.1) is 10.1 Å². The molecule has 0 spiro atoms. The van der Waals surface area contributed by atoms with Crippen LogP contribution in [0.25, 0.3) is 6.08 Å². The Hall–Kier alpha value is -3.24. The van der Waals surface area contributed by atoms with Gasteiger partial charge in [-0.05, 0) is 42.7 Å². The van der Waals surface area contributed by atoms with Crippen molar-refractivity contribution in [1.29, 1.82) is 0 Å². The number of nitro groups is 1. The summed E-state index contributed by atoms with van der Waals surface area (Å²) in [5, 5.41) is 13.6. The molecule has 0 radical (unpaired) electrons. The number of piperidine rings is 1. The van der Waals surface area contributed by atoms with Crippen molar-refractivity contribution in [1.82, 2.24) is 4.31 Å². The monoisotopic (exact) mass is 458 g/mol. The number of non-ortho nitro benzene ring substituents is 1. The smallest absolute Gasteiger partial charge is 0.270 e. The van der Waals surface area contributed by atoms with E-state index in [-0.39, 0.29) is 10.6 Å². The van der Waals surface area contributed by atoms with Crippen LogP contribution in [0.5, 0.6) is 0 Å². The molecule has 0 unspecified atom stereocenters. The van der Waals surface area contributed by atoms with E-state index in [0.29, 0.717) is 30.0 Å². The maximum Gasteiger partial charge on any atom is 0.270 e. The number of carbonyl (C=O) groups excluding carboxylic acids is 1. The minimum absolute atomic E-state index is 0.0712. The van der Waals surface area contributed by atoms with E-state index in [9.17, 15) is 23.3 Å². The number of nitrogens with one attached hydrogen (secondary N) is 1. The number of carbonyl (C=O) groups is 1. The van der Waals surface area contributed by atoms with Crippen molar-refractivity contribution < 1.29 is 18.1 Å². The van der Waals surface area contributed by atoms with Crippen molar-refractivity contribution in [2.75, 3.05) is 37.4 Å². The Morgan fingerprint density at radius 2 is 1.84 bits per heavy atom. The van der Waals surface area contributed by atoms with E-state index in [1.165, 1.54) is 40.7 Å². The number of rotatable bonds is 7. The SMILES string of the molecule is CN(C)c1ccc(S(=O)(=O)N2CCCCC2)cc1NC(=O)C=Cc1cccc([N+](=O)[O-])c1. The minimum Gasteiger partial charge on any atom is -0.376 e. The molecule has 0 aromatic heterocycles. The molecule has 9 nitrogen and oxygen atoms in total. The van der Waals surface area contributed by atoms with Crippen LogP contribution in [-0.4, -0.2) is 50.7 Å². The van der Waals surface area contributed by atoms with E-state index in [1.807, 2.05) is 0 Å². The first-order valence-corrected chi connectivity index (χ1v) is 11.7. The summed E-state index contributed by atoms with van der Waals surface area (Å²) in [4.78, 5) is 24.8. The summed E-state index contributed by atoms with van der Waals surface area (Å²) in [6.45, 7) is 0.983. The van der Waals surface area contributed by atoms with Gasteiger partial charge in [-0.25, -0.2) is 8.42 Å². The van der Waals surface area contributed by atoms with Gasteiger partial charge in [0.1, 0.15) is 0 Å². The summed E-state index contributed by atoms with van der Waals surface area (Å²) in [5.74, 6) is -0.480. The second-order valence-electron chi connectivity index (χ2n) is 7.71. The molecule has 0 atom stereocenters. The average molecular weight is 459 g/mol. The molecular formula is C22H26N4O5S. The first-order chi connectivity index (χ1) is 15.2. The number of hydrogen-bond donors (Lipinski definition) is 1. The molecule has 1 heterocycles. The van der Waals surface area contributed by atoms with Crippen molar-refractivity contribution in [2.24, 2.45) is 0 Å². The molecule has 1 aliphatic heterocycles. The lowest BCUT2D eigenvalue weighted by Crippen LogP contribution is -2.35. The summed E-state index contributed by atoms with van der Waals surface area (Å²) in [5.41, 5.74) is 1.45. The predicted molar refractivity (Wildman–Crippen MR) is 124 cm³/mol. The van der Waals surface area contributed by atoms with Gasteiger partial charge in [0.25, 0.3) is 5.69 Å². The molecular weight excluding hydrogens is 432 g/mol. The molecule has 0 saturated carbocycles. The van der Waals surface area contributed by atoms with Crippen molar-refractivity contribution in [3.05, 3.63) is 64.2 Å². The van der Waals surface area contributed by atoms with Gasteiger partial charge in [-0.2, -0.15) is 4.31 Å². The van der Waals surface area contributed by atoms with Crippen LogP contribution in [0.2, 0.25) is 0 Å². The van der Waals surface area contributed by atoms with Crippen LogP contribution in [0.1, 0.15) is 24.8 Å². The molecule has 32 heavy (non-hydrogen) atoms. The Kier molecular flexibility index (Phi) is 7.26. The molecule has 2 aromatic rings. The maximum atomic E-state index is 13.0. The van der Waals surface area contributed by atoms with Gasteiger partial charge in [0.15, 0.2) is 0 Å². The number of nitrogens with zero attached hydrogens (tertiary/aromatic N) is 3. The standard InChI is InChI=1S/C22H26N4O5S/c1-24(2)21-11-10-19(32(30,31)25-13-4-3-5-14-25)16-20(21)23-22(27)12-9-17-7-6-8-18(15-17)26(28)29/h6-12,15-16H,3-5,13-14H2,1-2H3,(H,23,27). The Morgan fingerprint density at radius 1 is 1.12 bits per heavy atom. The number of anilines is 2. The summed E-state index contributed by atoms with van der Waals surface area (Å²) < 4.78 is 27.6. The highest BCUT2D eigenvalue weighted by Gasteiger charge is 2.27. The Morgan fingerprint density at radius 3 is 2.50 bits per heavy atom. The lowest BCUT2D eigenvalue weighted by molar-refractivity contribution is -0.384. The highest BCUT2D eigenvalue weighted by molar-refractivity contribution is 7.89. The second kappa shape index (κ2) is 9.92. The van der Waals surface area contributed by atoms with Gasteiger partial charge >= 0.3 is 0 Å². The Labute approximate surface area is 187 Å². The molecule has 1 fully saturated rings. The van der Waals surface area contributed by atoms with Crippen LogP contribution in [0.15, 0.2) is 53.4 Å². The summed E-state index contributed by atoms with van der Waals surface area (Å²) in [6, 6.07) is 10.6. The van der Waals surface area contributed by atoms with E-state index < -0.39 is 20.9 Å². The first kappa shape index (κ1) is 23.4. The van der Waals surface area contributed by atoms with Gasteiger partial charge < -0.3 is 10.2 Å². The molecule has 1 aliphatic rings. The van der Waals surface area contributed by atoms with Crippen LogP contribution in [0.4, 0.5) is 17.1 Å². The Bertz CT molecular complexity index is 1140. The second-order valence-corrected chi connectivity index (χ2v) is 9.65. The predicted octanol–water partition coefficient (Wildman–Crippen LogP) is 3.49. The van der Waals surface area contributed by atoms with Gasteiger partial charge in [-0.1, -0.05) is 18.6 Å². The minimum atomic E-state index is -3.65. The summed E-state index contributed by atoms with van der Waals surface area (Å²) >= 11 is 0. The van der Waals surface area contributed by atoms with Crippen molar-refractivity contribution >= 4 is 39.1 Å². The zero-order valence-corrected chi connectivity index (χ0v) is 18.8. The van der Waals surface area contributed by atoms with Gasteiger partial charge in [-0.3, -0.25) is 14.9 Å². The summed E-state index contributed by atoms with van der Waals surface area (Å²) in [6.07, 6.45) is 5.40. The van der Waals surface area contributed by atoms with Gasteiger partial charge in [-0.15, -0.1) is 0 Å². The fourth-order valence-electron chi connectivity index (χ4n) is 3.51. The van der Waals surface area contributed by atoms with E-state index in [1.54, 1.807) is 37.2 Å². The molecule has 3 rings (SSSR count). The lowest BCUT2D eigenvalue weighted by Gasteiger charge is -2.26. The third-order valence-electron chi connectivity index (χ3n) is 5.17. The number of hydrogen-bond acceptors (Lipinski definition) is 6. The normalized spacial score (nSPS) is 14.9. The zero-order chi connectivity index (χ0) is 23.3.